The lowest BCUT2D eigenvalue weighted by atomic mass is 9.90. The van der Waals surface area contributed by atoms with E-state index < -0.39 is 41.4 Å². The molecule has 0 fully saturated rings. The first-order valence-corrected chi connectivity index (χ1v) is 11.9. The van der Waals surface area contributed by atoms with Crippen molar-refractivity contribution in [1.82, 2.24) is 10.2 Å². The number of alkyl carbamates (subject to hydrolysis) is 1. The number of carbonyl (C=O) groups excluding carboxylic acids is 3. The number of benzene rings is 2. The molecule has 1 aliphatic heterocycles. The Morgan fingerprint density at radius 1 is 1.11 bits per heavy atom. The lowest BCUT2D eigenvalue weighted by Gasteiger charge is -2.40. The van der Waals surface area contributed by atoms with Gasteiger partial charge in [0.05, 0.1) is 5.69 Å². The van der Waals surface area contributed by atoms with Crippen molar-refractivity contribution in [3.8, 4) is 0 Å². The van der Waals surface area contributed by atoms with Gasteiger partial charge in [0, 0.05) is 18.3 Å². The molecular weight excluding hydrogens is 473 g/mol. The van der Waals surface area contributed by atoms with Crippen LogP contribution in [0.15, 0.2) is 48.5 Å². The molecule has 1 heterocycles. The van der Waals surface area contributed by atoms with Crippen LogP contribution in [0.5, 0.6) is 0 Å². The zero-order valence-electron chi connectivity index (χ0n) is 20.5. The molecule has 0 radical (unpaired) electrons. The summed E-state index contributed by atoms with van der Waals surface area (Å²) in [4.78, 5) is 41.3. The summed E-state index contributed by atoms with van der Waals surface area (Å²) in [6.07, 6.45) is -0.208. The molecule has 0 bridgehead atoms. The van der Waals surface area contributed by atoms with Crippen molar-refractivity contribution in [2.45, 2.75) is 58.7 Å². The molecule has 1 N–H and O–H groups in total. The highest BCUT2D eigenvalue weighted by molar-refractivity contribution is 6.37. The van der Waals surface area contributed by atoms with E-state index in [4.69, 9.17) is 16.5 Å². The van der Waals surface area contributed by atoms with Crippen molar-refractivity contribution in [2.75, 3.05) is 11.0 Å². The summed E-state index contributed by atoms with van der Waals surface area (Å²) in [5, 5.41) is 2.65. The van der Waals surface area contributed by atoms with Gasteiger partial charge in [-0.1, -0.05) is 50.2 Å². The third kappa shape index (κ3) is 6.11. The van der Waals surface area contributed by atoms with Crippen LogP contribution >= 0.6 is 11.8 Å². The van der Waals surface area contributed by atoms with E-state index in [0.29, 0.717) is 16.4 Å². The number of carbonyl (C=O) groups is 3. The normalized spacial score (nSPS) is 16.3. The highest BCUT2D eigenvalue weighted by atomic mass is 35.5. The predicted octanol–water partition coefficient (Wildman–Crippen LogP) is 4.99. The zero-order chi connectivity index (χ0) is 25.9. The minimum atomic E-state index is -1.09. The van der Waals surface area contributed by atoms with Gasteiger partial charge in [-0.25, -0.2) is 13.6 Å². The maximum Gasteiger partial charge on any atom is 0.408 e. The predicted molar refractivity (Wildman–Crippen MR) is 132 cm³/mol. The molecule has 3 rings (SSSR count). The van der Waals surface area contributed by atoms with Gasteiger partial charge < -0.3 is 15.0 Å². The molecule has 9 heteroatoms. The fraction of sp³-hybridized carbons (Fsp3) is 0.423. The number of ether oxygens (including phenoxy) is 1. The van der Waals surface area contributed by atoms with Gasteiger partial charge >= 0.3 is 6.09 Å². The minimum Gasteiger partial charge on any atom is -0.444 e. The number of hydrogen-bond acceptors (Lipinski definition) is 4. The fourth-order valence-corrected chi connectivity index (χ4v) is 4.26. The highest BCUT2D eigenvalue weighted by Crippen LogP contribution is 2.35. The van der Waals surface area contributed by atoms with E-state index >= 15 is 0 Å². The molecule has 0 aromatic heterocycles. The van der Waals surface area contributed by atoms with Gasteiger partial charge in [-0.2, -0.15) is 0 Å². The van der Waals surface area contributed by atoms with Crippen molar-refractivity contribution in [3.05, 3.63) is 65.5 Å². The first-order chi connectivity index (χ1) is 16.4. The number of nitrogens with zero attached hydrogens (tertiary/aromatic N) is 2. The molecule has 3 amide bonds. The second-order valence-corrected chi connectivity index (χ2v) is 10.2. The van der Waals surface area contributed by atoms with Crippen molar-refractivity contribution in [2.24, 2.45) is 5.92 Å². The molecule has 2 aromatic carbocycles. The summed E-state index contributed by atoms with van der Waals surface area (Å²) >= 11 is 6.35. The van der Waals surface area contributed by atoms with Gasteiger partial charge in [0.15, 0.2) is 0 Å². The quantitative estimate of drug-likeness (QED) is 0.583. The standard InChI is InChI=1S/C26H31ClFN3O4/c1-16(2)21(29-25(34)35-26(3,4)5)23(32)30-15-14-17-10-6-7-11-18(17)22(30)24(33)31(27)20-13-9-8-12-19(20)28/h6-13,16,21-22H,14-15H2,1-5H3,(H,29,34)/t21-,22-/m0/s1. The maximum atomic E-state index is 14.4. The smallest absolute Gasteiger partial charge is 0.408 e. The van der Waals surface area contributed by atoms with E-state index in [1.54, 1.807) is 52.8 Å². The molecular formula is C26H31ClFN3O4. The van der Waals surface area contributed by atoms with Crippen molar-refractivity contribution >= 4 is 35.4 Å². The van der Waals surface area contributed by atoms with Gasteiger partial charge in [0.1, 0.15) is 23.5 Å². The average molecular weight is 504 g/mol. The first kappa shape index (κ1) is 26.5. The Hall–Kier alpha value is -3.13. The van der Waals surface area contributed by atoms with Crippen LogP contribution in [0.1, 0.15) is 51.8 Å². The van der Waals surface area contributed by atoms with Crippen LogP contribution < -0.4 is 9.74 Å². The van der Waals surface area contributed by atoms with Crippen molar-refractivity contribution in [3.63, 3.8) is 0 Å². The van der Waals surface area contributed by atoms with Crippen LogP contribution in [0.2, 0.25) is 0 Å². The molecule has 0 saturated heterocycles. The van der Waals surface area contributed by atoms with Gasteiger partial charge in [0.2, 0.25) is 5.91 Å². The third-order valence-electron chi connectivity index (χ3n) is 5.66. The third-order valence-corrected chi connectivity index (χ3v) is 6.01. The molecule has 35 heavy (non-hydrogen) atoms. The number of nitrogens with one attached hydrogen (secondary N) is 1. The first-order valence-electron chi connectivity index (χ1n) is 11.5. The summed E-state index contributed by atoms with van der Waals surface area (Å²) in [5.74, 6) is -2.07. The maximum absolute atomic E-state index is 14.4. The number of anilines is 1. The Morgan fingerprint density at radius 3 is 2.37 bits per heavy atom. The Balaban J connectivity index is 1.97. The number of fused-ring (bicyclic) bond motifs is 1. The number of para-hydroxylation sites is 1. The summed E-state index contributed by atoms with van der Waals surface area (Å²) in [6.45, 7) is 9.00. The van der Waals surface area contributed by atoms with Crippen molar-refractivity contribution in [1.29, 1.82) is 0 Å². The van der Waals surface area contributed by atoms with Crippen molar-refractivity contribution < 1.29 is 23.5 Å². The van der Waals surface area contributed by atoms with Gasteiger partial charge in [-0.15, -0.1) is 0 Å². The van der Waals surface area contributed by atoms with E-state index in [2.05, 4.69) is 5.32 Å². The van der Waals surface area contributed by atoms with Crippen LogP contribution in [0.4, 0.5) is 14.9 Å². The van der Waals surface area contributed by atoms with Crippen LogP contribution in [0, 0.1) is 11.7 Å². The van der Waals surface area contributed by atoms with Crippen LogP contribution in [-0.4, -0.2) is 41.0 Å². The van der Waals surface area contributed by atoms with Crippen LogP contribution in [0.3, 0.4) is 0 Å². The lowest BCUT2D eigenvalue weighted by molar-refractivity contribution is -0.142. The minimum absolute atomic E-state index is 0.109. The second-order valence-electron chi connectivity index (χ2n) is 9.82. The number of rotatable bonds is 5. The SMILES string of the molecule is CC(C)[C@H](NC(=O)OC(C)(C)C)C(=O)N1CCc2ccccc2[C@H]1C(=O)N(Cl)c1ccccc1F. The molecule has 7 nitrogen and oxygen atoms in total. The molecule has 0 saturated carbocycles. The van der Waals surface area contributed by atoms with E-state index in [-0.39, 0.29) is 18.2 Å². The number of halogens is 2. The summed E-state index contributed by atoms with van der Waals surface area (Å²) in [7, 11) is 0. The Labute approximate surface area is 210 Å². The molecule has 0 spiro atoms. The molecule has 0 aliphatic carbocycles. The Bertz CT molecular complexity index is 1100. The molecule has 2 atom stereocenters. The van der Waals surface area contributed by atoms with Crippen LogP contribution in [0.25, 0.3) is 0 Å². The van der Waals surface area contributed by atoms with Crippen LogP contribution in [-0.2, 0) is 20.7 Å². The fourth-order valence-electron chi connectivity index (χ4n) is 4.03. The molecule has 0 unspecified atom stereocenters. The highest BCUT2D eigenvalue weighted by Gasteiger charge is 2.42. The summed E-state index contributed by atoms with van der Waals surface area (Å²) in [6, 6.07) is 10.9. The van der Waals surface area contributed by atoms with E-state index in [1.165, 1.54) is 23.1 Å². The summed E-state index contributed by atoms with van der Waals surface area (Å²) < 4.78 is 20.5. The molecule has 188 valence electrons. The Morgan fingerprint density at radius 2 is 1.74 bits per heavy atom. The topological polar surface area (TPSA) is 79.0 Å². The second kappa shape index (κ2) is 10.6. The largest absolute Gasteiger partial charge is 0.444 e. The summed E-state index contributed by atoms with van der Waals surface area (Å²) in [5.41, 5.74) is 0.659. The van der Waals surface area contributed by atoms with Gasteiger partial charge in [0.25, 0.3) is 5.91 Å². The van der Waals surface area contributed by atoms with Gasteiger partial charge in [-0.05, 0) is 56.4 Å². The lowest BCUT2D eigenvalue weighted by Crippen LogP contribution is -2.56. The van der Waals surface area contributed by atoms with E-state index in [0.717, 1.165) is 5.56 Å². The number of amides is 3. The zero-order valence-corrected chi connectivity index (χ0v) is 21.3. The van der Waals surface area contributed by atoms with E-state index in [9.17, 15) is 18.8 Å². The monoisotopic (exact) mass is 503 g/mol. The molecule has 1 aliphatic rings. The Kier molecular flexibility index (Phi) is 8.05. The number of hydrogen-bond donors (Lipinski definition) is 1. The molecule has 2 aromatic rings. The average Bonchev–Trinajstić information content (AvgIpc) is 2.79. The van der Waals surface area contributed by atoms with Gasteiger partial charge in [-0.3, -0.25) is 9.59 Å². The van der Waals surface area contributed by atoms with E-state index in [1.807, 2.05) is 12.1 Å².